The molecule has 2 unspecified atom stereocenters. The molecule has 154 valence electrons. The average molecular weight is 405 g/mol. The van der Waals surface area contributed by atoms with Gasteiger partial charge >= 0.3 is 24.3 Å². The summed E-state index contributed by atoms with van der Waals surface area (Å²) in [7, 11) is 1.46. The molecule has 1 rings (SSSR count). The molecule has 4 N–H and O–H groups in total. The van der Waals surface area contributed by atoms with Crippen molar-refractivity contribution in [3.63, 3.8) is 0 Å². The van der Waals surface area contributed by atoms with Gasteiger partial charge in [0, 0.05) is 6.04 Å². The van der Waals surface area contributed by atoms with E-state index >= 15 is 0 Å². The number of halogens is 6. The number of hydrogen-bond donors (Lipinski definition) is 4. The van der Waals surface area contributed by atoms with Crippen LogP contribution in [0.4, 0.5) is 26.3 Å². The molecule has 0 aliphatic carbocycles. The third kappa shape index (κ3) is 8.73. The quantitative estimate of drug-likeness (QED) is 0.562. The Balaban J connectivity index is 0.000000636. The van der Waals surface area contributed by atoms with Gasteiger partial charge < -0.3 is 20.6 Å². The summed E-state index contributed by atoms with van der Waals surface area (Å²) in [6, 6.07) is 0.951. The molecule has 27 heavy (non-hydrogen) atoms. The number of alkyl halides is 6. The van der Waals surface area contributed by atoms with Crippen LogP contribution in [0.15, 0.2) is 18.2 Å². The molecule has 0 fully saturated rings. The SMILES string of the molecule is CNC(C)c1cc(C(F)(F)F)cc(C(F)(F)F)c1.O=C(O)CC(O)C(=O)O. The molecule has 0 aromatic heterocycles. The summed E-state index contributed by atoms with van der Waals surface area (Å²) < 4.78 is 75.1. The highest BCUT2D eigenvalue weighted by Gasteiger charge is 2.37. The van der Waals surface area contributed by atoms with Crippen LogP contribution in [0, 0.1) is 0 Å². The monoisotopic (exact) mass is 405 g/mol. The van der Waals surface area contributed by atoms with E-state index in [-0.39, 0.29) is 11.6 Å². The van der Waals surface area contributed by atoms with E-state index in [4.69, 9.17) is 15.3 Å². The molecular weight excluding hydrogens is 388 g/mol. The van der Waals surface area contributed by atoms with Crippen LogP contribution in [0.5, 0.6) is 0 Å². The number of aliphatic hydroxyl groups excluding tert-OH is 1. The van der Waals surface area contributed by atoms with Gasteiger partial charge in [0.05, 0.1) is 17.5 Å². The van der Waals surface area contributed by atoms with Gasteiger partial charge in [-0.05, 0) is 37.7 Å². The summed E-state index contributed by atoms with van der Waals surface area (Å²) in [5, 5.41) is 26.7. The molecule has 0 saturated heterocycles. The van der Waals surface area contributed by atoms with Gasteiger partial charge in [0.1, 0.15) is 0 Å². The van der Waals surface area contributed by atoms with E-state index < -0.39 is 54.0 Å². The van der Waals surface area contributed by atoms with E-state index in [1.54, 1.807) is 0 Å². The first-order valence-corrected chi connectivity index (χ1v) is 7.18. The number of rotatable bonds is 5. The minimum absolute atomic E-state index is 0.0559. The lowest BCUT2D eigenvalue weighted by atomic mass is 10.0. The van der Waals surface area contributed by atoms with E-state index in [1.165, 1.54) is 14.0 Å². The Labute approximate surface area is 149 Å². The van der Waals surface area contributed by atoms with E-state index in [9.17, 15) is 35.9 Å². The molecule has 2 atom stereocenters. The summed E-state index contributed by atoms with van der Waals surface area (Å²) in [6.07, 6.45) is -12.1. The topological polar surface area (TPSA) is 107 Å². The van der Waals surface area contributed by atoms with Crippen LogP contribution in [-0.4, -0.2) is 40.4 Å². The fourth-order valence-corrected chi connectivity index (χ4v) is 1.65. The minimum Gasteiger partial charge on any atom is -0.481 e. The summed E-state index contributed by atoms with van der Waals surface area (Å²) in [5.74, 6) is -2.85. The van der Waals surface area contributed by atoms with Crippen molar-refractivity contribution in [2.75, 3.05) is 7.05 Å². The van der Waals surface area contributed by atoms with Crippen molar-refractivity contribution in [2.45, 2.75) is 37.8 Å². The fourth-order valence-electron chi connectivity index (χ4n) is 1.65. The van der Waals surface area contributed by atoms with E-state index in [0.717, 1.165) is 12.1 Å². The number of aliphatic carboxylic acids is 2. The van der Waals surface area contributed by atoms with Crippen molar-refractivity contribution in [1.29, 1.82) is 0 Å². The molecule has 0 amide bonds. The second-order valence-electron chi connectivity index (χ2n) is 5.30. The van der Waals surface area contributed by atoms with Crippen molar-refractivity contribution in [3.8, 4) is 0 Å². The summed E-state index contributed by atoms with van der Waals surface area (Å²) in [5.41, 5.74) is -2.65. The van der Waals surface area contributed by atoms with Crippen molar-refractivity contribution in [3.05, 3.63) is 34.9 Å². The smallest absolute Gasteiger partial charge is 0.416 e. The summed E-state index contributed by atoms with van der Waals surface area (Å²) in [4.78, 5) is 19.4. The molecule has 0 aliphatic heterocycles. The molecule has 0 radical (unpaired) electrons. The second-order valence-corrected chi connectivity index (χ2v) is 5.30. The van der Waals surface area contributed by atoms with Crippen LogP contribution in [0.2, 0.25) is 0 Å². The van der Waals surface area contributed by atoms with Crippen LogP contribution in [-0.2, 0) is 21.9 Å². The first kappa shape index (κ1) is 24.7. The third-order valence-electron chi connectivity index (χ3n) is 3.20. The lowest BCUT2D eigenvalue weighted by molar-refractivity contribution is -0.152. The number of benzene rings is 1. The van der Waals surface area contributed by atoms with Crippen molar-refractivity contribution < 1.29 is 51.3 Å². The summed E-state index contributed by atoms with van der Waals surface area (Å²) >= 11 is 0. The zero-order valence-electron chi connectivity index (χ0n) is 14.0. The first-order valence-electron chi connectivity index (χ1n) is 7.18. The Morgan fingerprint density at radius 1 is 1.00 bits per heavy atom. The molecule has 12 heteroatoms. The zero-order chi connectivity index (χ0) is 21.6. The van der Waals surface area contributed by atoms with Gasteiger partial charge in [0.15, 0.2) is 6.10 Å². The minimum atomic E-state index is -4.80. The Morgan fingerprint density at radius 2 is 1.41 bits per heavy atom. The molecule has 0 heterocycles. The number of carboxylic acid groups (broad SMARTS) is 2. The van der Waals surface area contributed by atoms with Crippen LogP contribution in [0.1, 0.15) is 36.1 Å². The molecule has 0 aliphatic rings. The predicted octanol–water partition coefficient (Wildman–Crippen LogP) is 2.91. The maximum absolute atomic E-state index is 12.5. The van der Waals surface area contributed by atoms with Crippen LogP contribution >= 0.6 is 0 Å². The molecule has 0 saturated carbocycles. The van der Waals surface area contributed by atoms with Gasteiger partial charge in [-0.15, -0.1) is 0 Å². The number of aliphatic hydroxyl groups is 1. The van der Waals surface area contributed by atoms with Crippen molar-refractivity contribution in [2.24, 2.45) is 0 Å². The highest BCUT2D eigenvalue weighted by molar-refractivity contribution is 5.79. The molecule has 1 aromatic carbocycles. The number of hydrogen-bond acceptors (Lipinski definition) is 4. The maximum atomic E-state index is 12.5. The van der Waals surface area contributed by atoms with Gasteiger partial charge in [0.25, 0.3) is 0 Å². The normalized spacial score (nSPS) is 14.0. The zero-order valence-corrected chi connectivity index (χ0v) is 14.0. The molecule has 1 aromatic rings. The number of carboxylic acids is 2. The van der Waals surface area contributed by atoms with Gasteiger partial charge in [-0.2, -0.15) is 26.3 Å². The van der Waals surface area contributed by atoms with Crippen LogP contribution in [0.3, 0.4) is 0 Å². The van der Waals surface area contributed by atoms with Crippen LogP contribution in [0.25, 0.3) is 0 Å². The number of carbonyl (C=O) groups is 2. The van der Waals surface area contributed by atoms with Gasteiger partial charge in [-0.3, -0.25) is 4.79 Å². The van der Waals surface area contributed by atoms with Crippen molar-refractivity contribution >= 4 is 11.9 Å². The molecule has 6 nitrogen and oxygen atoms in total. The van der Waals surface area contributed by atoms with Gasteiger partial charge in [-0.1, -0.05) is 0 Å². The third-order valence-corrected chi connectivity index (χ3v) is 3.20. The predicted molar refractivity (Wildman–Crippen MR) is 79.8 cm³/mol. The Kier molecular flexibility index (Phi) is 8.73. The Bertz CT molecular complexity index is 627. The Hall–Kier alpha value is -2.34. The summed E-state index contributed by atoms with van der Waals surface area (Å²) in [6.45, 7) is 1.48. The second kappa shape index (κ2) is 9.55. The van der Waals surface area contributed by atoms with E-state index in [1.807, 2.05) is 0 Å². The molecular formula is C15H17F6NO5. The molecule has 0 bridgehead atoms. The number of nitrogens with one attached hydrogen (secondary N) is 1. The highest BCUT2D eigenvalue weighted by atomic mass is 19.4. The standard InChI is InChI=1S/C11H11F6N.C4H6O5/c1-6(18-2)7-3-8(10(12,13)14)5-9(4-7)11(15,16)17;5-2(4(8)9)1-3(6)7/h3-6,18H,1-2H3;2,5H,1H2,(H,6,7)(H,8,9). The lowest BCUT2D eigenvalue weighted by Crippen LogP contribution is -2.22. The average Bonchev–Trinajstić information content (AvgIpc) is 2.51. The Morgan fingerprint density at radius 3 is 1.63 bits per heavy atom. The van der Waals surface area contributed by atoms with Gasteiger partial charge in [-0.25, -0.2) is 4.79 Å². The van der Waals surface area contributed by atoms with Crippen molar-refractivity contribution in [1.82, 2.24) is 5.32 Å². The first-order chi connectivity index (χ1) is 12.1. The van der Waals surface area contributed by atoms with E-state index in [0.29, 0.717) is 0 Å². The maximum Gasteiger partial charge on any atom is 0.416 e. The van der Waals surface area contributed by atoms with Crippen LogP contribution < -0.4 is 5.32 Å². The highest BCUT2D eigenvalue weighted by Crippen LogP contribution is 2.37. The molecule has 0 spiro atoms. The fraction of sp³-hybridized carbons (Fsp3) is 0.467. The lowest BCUT2D eigenvalue weighted by Gasteiger charge is -2.17. The van der Waals surface area contributed by atoms with Gasteiger partial charge in [0.2, 0.25) is 0 Å². The van der Waals surface area contributed by atoms with E-state index in [2.05, 4.69) is 5.32 Å². The largest absolute Gasteiger partial charge is 0.481 e.